The van der Waals surface area contributed by atoms with Crippen LogP contribution in [0, 0.1) is 19.8 Å². The molecular formula is C14H20N2O2. The van der Waals surface area contributed by atoms with Gasteiger partial charge < -0.3 is 15.7 Å². The Morgan fingerprint density at radius 1 is 1.44 bits per heavy atom. The molecule has 2 atom stereocenters. The lowest BCUT2D eigenvalue weighted by Crippen LogP contribution is -2.39. The van der Waals surface area contributed by atoms with E-state index in [2.05, 4.69) is 17.6 Å². The van der Waals surface area contributed by atoms with Gasteiger partial charge in [-0.2, -0.15) is 0 Å². The summed E-state index contributed by atoms with van der Waals surface area (Å²) in [6, 6.07) is 3.51. The standard InChI is InChI=1S/C14H20N2O2/c1-8-6-7-15-12(8)14(18)16-11-5-4-9(2)13(17)10(11)3/h4-5,8,12,15,17H,6-7H2,1-3H3,(H,16,18). The summed E-state index contributed by atoms with van der Waals surface area (Å²) in [7, 11) is 0. The van der Waals surface area contributed by atoms with E-state index in [0.29, 0.717) is 17.2 Å². The lowest BCUT2D eigenvalue weighted by Gasteiger charge is -2.17. The molecule has 0 aromatic heterocycles. The van der Waals surface area contributed by atoms with Crippen molar-refractivity contribution in [2.75, 3.05) is 11.9 Å². The van der Waals surface area contributed by atoms with Crippen molar-refractivity contribution >= 4 is 11.6 Å². The molecular weight excluding hydrogens is 228 g/mol. The molecule has 0 aliphatic carbocycles. The minimum atomic E-state index is -0.132. The van der Waals surface area contributed by atoms with Crippen LogP contribution in [0.25, 0.3) is 0 Å². The molecule has 1 fully saturated rings. The van der Waals surface area contributed by atoms with E-state index in [1.807, 2.05) is 26.0 Å². The molecule has 1 aromatic rings. The Bertz CT molecular complexity index is 471. The van der Waals surface area contributed by atoms with Crippen molar-refractivity contribution in [3.8, 4) is 5.75 Å². The van der Waals surface area contributed by atoms with E-state index in [1.54, 1.807) is 0 Å². The number of rotatable bonds is 2. The summed E-state index contributed by atoms with van der Waals surface area (Å²) in [5.41, 5.74) is 2.22. The zero-order valence-corrected chi connectivity index (χ0v) is 11.1. The maximum Gasteiger partial charge on any atom is 0.241 e. The number of anilines is 1. The van der Waals surface area contributed by atoms with Crippen LogP contribution in [0.1, 0.15) is 24.5 Å². The molecule has 0 bridgehead atoms. The largest absolute Gasteiger partial charge is 0.507 e. The van der Waals surface area contributed by atoms with Gasteiger partial charge in [0.15, 0.2) is 0 Å². The fourth-order valence-electron chi connectivity index (χ4n) is 2.37. The quantitative estimate of drug-likeness (QED) is 0.749. The number of aromatic hydroxyl groups is 1. The van der Waals surface area contributed by atoms with Gasteiger partial charge in [0, 0.05) is 11.3 Å². The van der Waals surface area contributed by atoms with Crippen LogP contribution < -0.4 is 10.6 Å². The van der Waals surface area contributed by atoms with Crippen LogP contribution in [0.2, 0.25) is 0 Å². The van der Waals surface area contributed by atoms with Gasteiger partial charge in [-0.05, 0) is 44.4 Å². The Hall–Kier alpha value is -1.55. The topological polar surface area (TPSA) is 61.4 Å². The van der Waals surface area contributed by atoms with E-state index < -0.39 is 0 Å². The molecule has 4 nitrogen and oxygen atoms in total. The number of amides is 1. The van der Waals surface area contributed by atoms with Crippen molar-refractivity contribution in [1.29, 1.82) is 0 Å². The molecule has 1 aliphatic heterocycles. The third-order valence-electron chi connectivity index (χ3n) is 3.71. The van der Waals surface area contributed by atoms with Crippen molar-refractivity contribution in [1.82, 2.24) is 5.32 Å². The SMILES string of the molecule is Cc1ccc(NC(=O)C2NCCC2C)c(C)c1O. The van der Waals surface area contributed by atoms with Crippen LogP contribution in [0.3, 0.4) is 0 Å². The molecule has 0 spiro atoms. The van der Waals surface area contributed by atoms with E-state index in [4.69, 9.17) is 0 Å². The number of carbonyl (C=O) groups excluding carboxylic acids is 1. The number of hydrogen-bond donors (Lipinski definition) is 3. The number of nitrogens with one attached hydrogen (secondary N) is 2. The first-order valence-electron chi connectivity index (χ1n) is 6.34. The monoisotopic (exact) mass is 248 g/mol. The van der Waals surface area contributed by atoms with Crippen molar-refractivity contribution in [3.63, 3.8) is 0 Å². The van der Waals surface area contributed by atoms with Crippen molar-refractivity contribution in [2.45, 2.75) is 33.2 Å². The van der Waals surface area contributed by atoms with Crippen LogP contribution in [0.5, 0.6) is 5.75 Å². The van der Waals surface area contributed by atoms with Crippen LogP contribution >= 0.6 is 0 Å². The van der Waals surface area contributed by atoms with Gasteiger partial charge >= 0.3 is 0 Å². The lowest BCUT2D eigenvalue weighted by molar-refractivity contribution is -0.118. The third kappa shape index (κ3) is 2.34. The Balaban J connectivity index is 2.14. The normalized spacial score (nSPS) is 23.1. The summed E-state index contributed by atoms with van der Waals surface area (Å²) in [5.74, 6) is 0.580. The Morgan fingerprint density at radius 3 is 2.78 bits per heavy atom. The Morgan fingerprint density at radius 2 is 2.17 bits per heavy atom. The first kappa shape index (κ1) is 12.9. The van der Waals surface area contributed by atoms with Gasteiger partial charge in [0.2, 0.25) is 5.91 Å². The molecule has 1 amide bonds. The second-order valence-corrected chi connectivity index (χ2v) is 5.09. The molecule has 3 N–H and O–H groups in total. The van der Waals surface area contributed by atoms with Gasteiger partial charge in [-0.15, -0.1) is 0 Å². The Labute approximate surface area is 107 Å². The van der Waals surface area contributed by atoms with Crippen molar-refractivity contribution < 1.29 is 9.90 Å². The highest BCUT2D eigenvalue weighted by atomic mass is 16.3. The molecule has 2 rings (SSSR count). The highest BCUT2D eigenvalue weighted by Gasteiger charge is 2.29. The number of phenolic OH excluding ortho intramolecular Hbond substituents is 1. The molecule has 2 unspecified atom stereocenters. The maximum absolute atomic E-state index is 12.1. The minimum Gasteiger partial charge on any atom is -0.507 e. The van der Waals surface area contributed by atoms with Crippen molar-refractivity contribution in [2.24, 2.45) is 5.92 Å². The van der Waals surface area contributed by atoms with Crippen LogP contribution in [0.4, 0.5) is 5.69 Å². The number of hydrogen-bond acceptors (Lipinski definition) is 3. The highest BCUT2D eigenvalue weighted by Crippen LogP contribution is 2.28. The summed E-state index contributed by atoms with van der Waals surface area (Å²) < 4.78 is 0. The lowest BCUT2D eigenvalue weighted by atomic mass is 10.0. The molecule has 0 radical (unpaired) electrons. The van der Waals surface area contributed by atoms with Gasteiger partial charge in [0.25, 0.3) is 0 Å². The number of benzene rings is 1. The number of phenols is 1. The van der Waals surface area contributed by atoms with E-state index in [1.165, 1.54) is 0 Å². The fourth-order valence-corrected chi connectivity index (χ4v) is 2.37. The predicted octanol–water partition coefficient (Wildman–Crippen LogP) is 1.95. The summed E-state index contributed by atoms with van der Waals surface area (Å²) in [6.45, 7) is 6.61. The molecule has 18 heavy (non-hydrogen) atoms. The first-order valence-corrected chi connectivity index (χ1v) is 6.34. The van der Waals surface area contributed by atoms with Gasteiger partial charge in [-0.3, -0.25) is 4.79 Å². The average Bonchev–Trinajstić information content (AvgIpc) is 2.76. The summed E-state index contributed by atoms with van der Waals surface area (Å²) in [5, 5.41) is 15.9. The van der Waals surface area contributed by atoms with Crippen LogP contribution in [-0.2, 0) is 4.79 Å². The maximum atomic E-state index is 12.1. The molecule has 4 heteroatoms. The summed E-state index contributed by atoms with van der Waals surface area (Å²) >= 11 is 0. The van der Waals surface area contributed by atoms with E-state index in [-0.39, 0.29) is 17.7 Å². The third-order valence-corrected chi connectivity index (χ3v) is 3.71. The smallest absolute Gasteiger partial charge is 0.241 e. The van der Waals surface area contributed by atoms with Crippen LogP contribution in [0.15, 0.2) is 12.1 Å². The molecule has 1 aliphatic rings. The van der Waals surface area contributed by atoms with Gasteiger partial charge in [-0.25, -0.2) is 0 Å². The zero-order chi connectivity index (χ0) is 13.3. The number of carbonyl (C=O) groups is 1. The number of aryl methyl sites for hydroxylation is 1. The van der Waals surface area contributed by atoms with E-state index >= 15 is 0 Å². The van der Waals surface area contributed by atoms with Crippen molar-refractivity contribution in [3.05, 3.63) is 23.3 Å². The summed E-state index contributed by atoms with van der Waals surface area (Å²) in [6.07, 6.45) is 1.02. The first-order chi connectivity index (χ1) is 8.50. The predicted molar refractivity (Wildman–Crippen MR) is 71.8 cm³/mol. The molecule has 1 saturated heterocycles. The molecule has 1 heterocycles. The van der Waals surface area contributed by atoms with Gasteiger partial charge in [0.1, 0.15) is 5.75 Å². The highest BCUT2D eigenvalue weighted by molar-refractivity contribution is 5.96. The fraction of sp³-hybridized carbons (Fsp3) is 0.500. The minimum absolute atomic E-state index is 0.0219. The zero-order valence-electron chi connectivity index (χ0n) is 11.1. The molecule has 0 saturated carbocycles. The molecule has 1 aromatic carbocycles. The average molecular weight is 248 g/mol. The molecule has 98 valence electrons. The second kappa shape index (κ2) is 4.98. The van der Waals surface area contributed by atoms with Crippen LogP contribution in [-0.4, -0.2) is 23.6 Å². The summed E-state index contributed by atoms with van der Waals surface area (Å²) in [4.78, 5) is 12.1. The second-order valence-electron chi connectivity index (χ2n) is 5.09. The van der Waals surface area contributed by atoms with E-state index in [0.717, 1.165) is 18.5 Å². The van der Waals surface area contributed by atoms with Gasteiger partial charge in [0.05, 0.1) is 6.04 Å². The Kier molecular flexibility index (Phi) is 3.57. The van der Waals surface area contributed by atoms with E-state index in [9.17, 15) is 9.90 Å². The van der Waals surface area contributed by atoms with Gasteiger partial charge in [-0.1, -0.05) is 13.0 Å².